The molecule has 4 nitrogen and oxygen atoms in total. The lowest BCUT2D eigenvalue weighted by Gasteiger charge is -2.12. The maximum absolute atomic E-state index is 5.47. The van der Waals surface area contributed by atoms with Crippen LogP contribution in [0.3, 0.4) is 0 Å². The Hall–Kier alpha value is -2.62. The molecule has 0 saturated carbocycles. The molecule has 0 atom stereocenters. The summed E-state index contributed by atoms with van der Waals surface area (Å²) in [4.78, 5) is 0. The van der Waals surface area contributed by atoms with Gasteiger partial charge in [0.1, 0.15) is 23.0 Å². The van der Waals surface area contributed by atoms with E-state index in [1.165, 1.54) is 0 Å². The van der Waals surface area contributed by atoms with Gasteiger partial charge in [0.2, 0.25) is 0 Å². The van der Waals surface area contributed by atoms with E-state index in [2.05, 4.69) is 0 Å². The van der Waals surface area contributed by atoms with Crippen molar-refractivity contribution < 1.29 is 18.9 Å². The van der Waals surface area contributed by atoms with E-state index < -0.39 is 0 Å². The van der Waals surface area contributed by atoms with E-state index in [1.807, 2.05) is 50.3 Å². The molecule has 0 spiro atoms. The lowest BCUT2D eigenvalue weighted by Crippen LogP contribution is -1.94. The minimum atomic E-state index is 0.794. The first-order chi connectivity index (χ1) is 11.5. The van der Waals surface area contributed by atoms with E-state index in [0.717, 1.165) is 45.3 Å². The van der Waals surface area contributed by atoms with Crippen molar-refractivity contribution in [3.05, 3.63) is 46.5 Å². The summed E-state index contributed by atoms with van der Waals surface area (Å²) >= 11 is 0. The average Bonchev–Trinajstić information content (AvgIpc) is 2.60. The van der Waals surface area contributed by atoms with Crippen LogP contribution in [0.2, 0.25) is 0 Å². The van der Waals surface area contributed by atoms with E-state index in [4.69, 9.17) is 18.9 Å². The third-order valence-electron chi connectivity index (χ3n) is 3.94. The molecule has 128 valence electrons. The van der Waals surface area contributed by atoms with Gasteiger partial charge in [-0.3, -0.25) is 0 Å². The average molecular weight is 328 g/mol. The summed E-state index contributed by atoms with van der Waals surface area (Å²) in [6, 6.07) is 7.85. The first kappa shape index (κ1) is 17.7. The normalized spacial score (nSPS) is 10.8. The molecule has 0 N–H and O–H groups in total. The zero-order valence-electron chi connectivity index (χ0n) is 15.1. The first-order valence-corrected chi connectivity index (χ1v) is 7.67. The lowest BCUT2D eigenvalue weighted by atomic mass is 10.1. The number of ether oxygens (including phenoxy) is 4. The van der Waals surface area contributed by atoms with Crippen molar-refractivity contribution in [3.8, 4) is 23.0 Å². The van der Waals surface area contributed by atoms with Gasteiger partial charge in [-0.2, -0.15) is 0 Å². The molecule has 4 heteroatoms. The number of aryl methyl sites for hydroxylation is 2. The summed E-state index contributed by atoms with van der Waals surface area (Å²) in [6.45, 7) is 3.98. The molecule has 2 aromatic carbocycles. The van der Waals surface area contributed by atoms with Crippen LogP contribution >= 0.6 is 0 Å². The highest BCUT2D eigenvalue weighted by Crippen LogP contribution is 2.32. The van der Waals surface area contributed by atoms with Crippen molar-refractivity contribution in [2.75, 3.05) is 28.4 Å². The summed E-state index contributed by atoms with van der Waals surface area (Å²) in [5.41, 5.74) is 3.92. The van der Waals surface area contributed by atoms with Gasteiger partial charge in [0.15, 0.2) is 0 Å². The topological polar surface area (TPSA) is 36.9 Å². The third-order valence-corrected chi connectivity index (χ3v) is 3.94. The van der Waals surface area contributed by atoms with E-state index in [-0.39, 0.29) is 0 Å². The highest BCUT2D eigenvalue weighted by molar-refractivity contribution is 5.77. The van der Waals surface area contributed by atoms with Gasteiger partial charge in [-0.1, -0.05) is 12.2 Å². The fourth-order valence-electron chi connectivity index (χ4n) is 2.59. The van der Waals surface area contributed by atoms with Gasteiger partial charge in [0.25, 0.3) is 0 Å². The molecule has 24 heavy (non-hydrogen) atoms. The minimum Gasteiger partial charge on any atom is -0.496 e. The molecule has 0 saturated heterocycles. The van der Waals surface area contributed by atoms with Gasteiger partial charge in [0.05, 0.1) is 28.4 Å². The van der Waals surface area contributed by atoms with Crippen LogP contribution in [0.4, 0.5) is 0 Å². The monoisotopic (exact) mass is 328 g/mol. The standard InChI is InChI=1S/C20H24O4/c1-13-9-19(23-5)15(11-17(13)21-3)7-8-16-12-18(22-4)14(2)10-20(16)24-6/h7-12H,1-6H3. The molecule has 0 fully saturated rings. The molecule has 0 aliphatic rings. The second-order valence-corrected chi connectivity index (χ2v) is 5.46. The van der Waals surface area contributed by atoms with E-state index in [1.54, 1.807) is 28.4 Å². The van der Waals surface area contributed by atoms with E-state index in [9.17, 15) is 0 Å². The number of methoxy groups -OCH3 is 4. The molecule has 0 aromatic heterocycles. The fourth-order valence-corrected chi connectivity index (χ4v) is 2.59. The van der Waals surface area contributed by atoms with Crippen LogP contribution in [0.15, 0.2) is 24.3 Å². The highest BCUT2D eigenvalue weighted by Gasteiger charge is 2.09. The molecule has 0 bridgehead atoms. The van der Waals surface area contributed by atoms with Crippen molar-refractivity contribution in [1.82, 2.24) is 0 Å². The Balaban J connectivity index is 2.47. The summed E-state index contributed by atoms with van der Waals surface area (Å²) in [7, 11) is 6.65. The molecule has 0 amide bonds. The van der Waals surface area contributed by atoms with Gasteiger partial charge < -0.3 is 18.9 Å². The van der Waals surface area contributed by atoms with Crippen molar-refractivity contribution in [2.45, 2.75) is 13.8 Å². The van der Waals surface area contributed by atoms with E-state index in [0.29, 0.717) is 0 Å². The predicted molar refractivity (Wildman–Crippen MR) is 97.5 cm³/mol. The third kappa shape index (κ3) is 3.65. The highest BCUT2D eigenvalue weighted by atomic mass is 16.5. The van der Waals surface area contributed by atoms with Crippen LogP contribution in [0.25, 0.3) is 12.2 Å². The maximum atomic E-state index is 5.47. The Morgan fingerprint density at radius 3 is 1.17 bits per heavy atom. The molecule has 0 unspecified atom stereocenters. The van der Waals surface area contributed by atoms with Crippen LogP contribution in [0, 0.1) is 13.8 Å². The second kappa shape index (κ2) is 7.77. The van der Waals surface area contributed by atoms with Crippen LogP contribution in [0.5, 0.6) is 23.0 Å². The van der Waals surface area contributed by atoms with Crippen LogP contribution in [-0.4, -0.2) is 28.4 Å². The second-order valence-electron chi connectivity index (χ2n) is 5.46. The van der Waals surface area contributed by atoms with Gasteiger partial charge >= 0.3 is 0 Å². The number of hydrogen-bond donors (Lipinski definition) is 0. The Morgan fingerprint density at radius 1 is 0.542 bits per heavy atom. The van der Waals surface area contributed by atoms with Crippen LogP contribution in [0.1, 0.15) is 22.3 Å². The molecular weight excluding hydrogens is 304 g/mol. The Kier molecular flexibility index (Phi) is 5.74. The molecule has 2 aromatic rings. The minimum absolute atomic E-state index is 0.794. The lowest BCUT2D eigenvalue weighted by molar-refractivity contribution is 0.399. The predicted octanol–water partition coefficient (Wildman–Crippen LogP) is 4.51. The summed E-state index contributed by atoms with van der Waals surface area (Å²) in [5.74, 6) is 3.23. The molecule has 0 aliphatic heterocycles. The van der Waals surface area contributed by atoms with Crippen molar-refractivity contribution in [2.24, 2.45) is 0 Å². The largest absolute Gasteiger partial charge is 0.496 e. The molecule has 2 rings (SSSR count). The smallest absolute Gasteiger partial charge is 0.126 e. The quantitative estimate of drug-likeness (QED) is 0.731. The molecule has 0 aliphatic carbocycles. The maximum Gasteiger partial charge on any atom is 0.126 e. The van der Waals surface area contributed by atoms with Crippen LogP contribution in [-0.2, 0) is 0 Å². The van der Waals surface area contributed by atoms with Crippen molar-refractivity contribution >= 4 is 12.2 Å². The first-order valence-electron chi connectivity index (χ1n) is 7.67. The Labute approximate surface area is 143 Å². The van der Waals surface area contributed by atoms with Crippen LogP contribution < -0.4 is 18.9 Å². The fraction of sp³-hybridized carbons (Fsp3) is 0.300. The zero-order chi connectivity index (χ0) is 17.7. The van der Waals surface area contributed by atoms with Gasteiger partial charge in [-0.05, 0) is 49.2 Å². The SMILES string of the molecule is COc1cc(C=Cc2cc(OC)c(C)cc2OC)c(OC)cc1C. The Bertz CT molecular complexity index is 684. The summed E-state index contributed by atoms with van der Waals surface area (Å²) < 4.78 is 21.7. The molecular formula is C20H24O4. The van der Waals surface area contributed by atoms with Crippen molar-refractivity contribution in [3.63, 3.8) is 0 Å². The molecule has 0 heterocycles. The number of rotatable bonds is 6. The van der Waals surface area contributed by atoms with Crippen molar-refractivity contribution in [1.29, 1.82) is 0 Å². The molecule has 0 radical (unpaired) electrons. The summed E-state index contributed by atoms with van der Waals surface area (Å²) in [6.07, 6.45) is 3.96. The zero-order valence-corrected chi connectivity index (χ0v) is 15.1. The summed E-state index contributed by atoms with van der Waals surface area (Å²) in [5, 5.41) is 0. The number of benzene rings is 2. The number of hydrogen-bond acceptors (Lipinski definition) is 4. The van der Waals surface area contributed by atoms with Gasteiger partial charge in [-0.25, -0.2) is 0 Å². The van der Waals surface area contributed by atoms with Gasteiger partial charge in [0, 0.05) is 11.1 Å². The van der Waals surface area contributed by atoms with E-state index >= 15 is 0 Å². The Morgan fingerprint density at radius 2 is 0.875 bits per heavy atom. The van der Waals surface area contributed by atoms with Gasteiger partial charge in [-0.15, -0.1) is 0 Å².